The van der Waals surface area contributed by atoms with E-state index >= 15 is 0 Å². The Bertz CT molecular complexity index is 707. The van der Waals surface area contributed by atoms with Gasteiger partial charge in [-0.25, -0.2) is 0 Å². The highest BCUT2D eigenvalue weighted by Gasteiger charge is 2.61. The summed E-state index contributed by atoms with van der Waals surface area (Å²) in [7, 11) is 0. The number of alkyl halides is 6. The van der Waals surface area contributed by atoms with Crippen molar-refractivity contribution in [2.24, 2.45) is 17.3 Å². The van der Waals surface area contributed by atoms with Crippen LogP contribution in [0.5, 0.6) is 0 Å². The molecule has 0 radical (unpaired) electrons. The molecule has 0 aliphatic heterocycles. The van der Waals surface area contributed by atoms with Gasteiger partial charge in [-0.2, -0.15) is 26.3 Å². The third-order valence-electron chi connectivity index (χ3n) is 4.25. The summed E-state index contributed by atoms with van der Waals surface area (Å²) in [5, 5.41) is 1.00. The van der Waals surface area contributed by atoms with E-state index in [0.717, 1.165) is 24.3 Å². The molecule has 2 atom stereocenters. The van der Waals surface area contributed by atoms with Gasteiger partial charge in [0.05, 0.1) is 11.5 Å². The number of carbonyl (C=O) groups is 1. The Morgan fingerprint density at radius 1 is 1.20 bits per heavy atom. The number of allylic oxidation sites excluding steroid dienone is 2. The van der Waals surface area contributed by atoms with Crippen molar-refractivity contribution < 1.29 is 31.1 Å². The average Bonchev–Trinajstić information content (AvgIpc) is 2.98. The van der Waals surface area contributed by atoms with E-state index in [4.69, 9.17) is 11.6 Å². The lowest BCUT2D eigenvalue weighted by Gasteiger charge is -2.10. The minimum atomic E-state index is -4.71. The summed E-state index contributed by atoms with van der Waals surface area (Å²) in [5.74, 6) is -2.23. The van der Waals surface area contributed by atoms with Crippen molar-refractivity contribution >= 4 is 23.2 Å². The van der Waals surface area contributed by atoms with Gasteiger partial charge >= 0.3 is 12.4 Å². The van der Waals surface area contributed by atoms with Crippen LogP contribution in [0.15, 0.2) is 35.4 Å². The van der Waals surface area contributed by atoms with E-state index in [0.29, 0.717) is 0 Å². The highest BCUT2D eigenvalue weighted by Crippen LogP contribution is 2.60. The third-order valence-corrected chi connectivity index (χ3v) is 4.59. The van der Waals surface area contributed by atoms with E-state index in [2.05, 4.69) is 5.32 Å². The first-order valence-corrected chi connectivity index (χ1v) is 7.55. The molecule has 9 heteroatoms. The minimum absolute atomic E-state index is 0.0767. The molecule has 1 aliphatic rings. The Morgan fingerprint density at radius 3 is 2.32 bits per heavy atom. The van der Waals surface area contributed by atoms with Gasteiger partial charge in [-0.05, 0) is 29.5 Å². The fourth-order valence-corrected chi connectivity index (χ4v) is 2.87. The molecule has 1 N–H and O–H groups in total. The maximum atomic E-state index is 12.7. The van der Waals surface area contributed by atoms with Crippen LogP contribution in [0.25, 0.3) is 0 Å². The zero-order valence-electron chi connectivity index (χ0n) is 13.1. The maximum Gasteiger partial charge on any atom is 0.426 e. The number of nitrogens with one attached hydrogen (secondary N) is 1. The molecule has 1 aromatic rings. The molecule has 1 aliphatic carbocycles. The Labute approximate surface area is 144 Å². The highest BCUT2D eigenvalue weighted by atomic mass is 35.5. The zero-order valence-corrected chi connectivity index (χ0v) is 13.9. The van der Waals surface area contributed by atoms with Crippen LogP contribution in [0.2, 0.25) is 0 Å². The number of anilines is 1. The molecule has 1 fully saturated rings. The zero-order chi connectivity index (χ0) is 19.2. The van der Waals surface area contributed by atoms with Gasteiger partial charge in [0.25, 0.3) is 0 Å². The van der Waals surface area contributed by atoms with Gasteiger partial charge in [0.2, 0.25) is 5.91 Å². The lowest BCUT2D eigenvalue weighted by atomic mass is 10.1. The molecule has 2 nitrogen and oxygen atoms in total. The Morgan fingerprint density at radius 2 is 1.80 bits per heavy atom. The predicted molar refractivity (Wildman–Crippen MR) is 80.8 cm³/mol. The van der Waals surface area contributed by atoms with Crippen LogP contribution in [0.3, 0.4) is 0 Å². The molecule has 0 bridgehead atoms. The van der Waals surface area contributed by atoms with Crippen LogP contribution in [-0.4, -0.2) is 12.1 Å². The molecule has 0 spiro atoms. The van der Waals surface area contributed by atoms with Crippen molar-refractivity contribution in [3.05, 3.63) is 40.9 Å². The first-order chi connectivity index (χ1) is 11.2. The largest absolute Gasteiger partial charge is 0.426 e. The van der Waals surface area contributed by atoms with Gasteiger partial charge < -0.3 is 5.32 Å². The van der Waals surface area contributed by atoms with Crippen molar-refractivity contribution in [1.82, 2.24) is 0 Å². The number of carbonyl (C=O) groups excluding carboxylic acids is 1. The van der Waals surface area contributed by atoms with Crippen LogP contribution >= 0.6 is 11.6 Å². The van der Waals surface area contributed by atoms with Crippen molar-refractivity contribution in [3.63, 3.8) is 0 Å². The van der Waals surface area contributed by atoms with Gasteiger partial charge in [-0.3, -0.25) is 4.79 Å². The van der Waals surface area contributed by atoms with Crippen molar-refractivity contribution in [3.8, 4) is 0 Å². The molecule has 2 rings (SSSR count). The molecular weight excluding hydrogens is 372 g/mol. The SMILES string of the molecule is CC1(C)[C@H](C(=O)Nc2cccc(C(F)(F)F)c2)[C@@H]1/C=C(\Cl)C(F)(F)F. The molecule has 1 saturated carbocycles. The van der Waals surface area contributed by atoms with Gasteiger partial charge in [-0.1, -0.05) is 37.6 Å². The molecular formula is C16H14ClF6NO. The monoisotopic (exact) mass is 385 g/mol. The van der Waals surface area contributed by atoms with Crippen molar-refractivity contribution in [1.29, 1.82) is 0 Å². The summed E-state index contributed by atoms with van der Waals surface area (Å²) in [6.07, 6.45) is -8.49. The third kappa shape index (κ3) is 4.29. The lowest BCUT2D eigenvalue weighted by Crippen LogP contribution is -2.17. The second-order valence-corrected chi connectivity index (χ2v) is 6.81. The molecule has 0 heterocycles. The van der Waals surface area contributed by atoms with Gasteiger partial charge in [-0.15, -0.1) is 0 Å². The van der Waals surface area contributed by atoms with E-state index < -0.39 is 46.1 Å². The van der Waals surface area contributed by atoms with Gasteiger partial charge in [0.15, 0.2) is 0 Å². The molecule has 0 aromatic heterocycles. The van der Waals surface area contributed by atoms with E-state index in [9.17, 15) is 31.1 Å². The fourth-order valence-electron chi connectivity index (χ4n) is 2.73. The number of amides is 1. The average molecular weight is 386 g/mol. The Balaban J connectivity index is 2.14. The minimum Gasteiger partial charge on any atom is -0.326 e. The predicted octanol–water partition coefficient (Wildman–Crippen LogP) is 5.60. The van der Waals surface area contributed by atoms with Gasteiger partial charge in [0.1, 0.15) is 5.03 Å². The summed E-state index contributed by atoms with van der Waals surface area (Å²) >= 11 is 5.20. The summed E-state index contributed by atoms with van der Waals surface area (Å²) in [4.78, 5) is 12.2. The second kappa shape index (κ2) is 6.23. The summed E-state index contributed by atoms with van der Waals surface area (Å²) < 4.78 is 75.6. The molecule has 1 amide bonds. The Kier molecular flexibility index (Phi) is 4.89. The fraction of sp³-hybridized carbons (Fsp3) is 0.438. The van der Waals surface area contributed by atoms with E-state index in [1.54, 1.807) is 13.8 Å². The standard InChI is InChI=1S/C16H14ClF6NO/c1-14(2)10(7-11(17)16(21,22)23)12(14)13(25)24-9-5-3-4-8(6-9)15(18,19)20/h3-7,10,12H,1-2H3,(H,24,25)/b11-7-/t10-,12-/m0/s1. The maximum absolute atomic E-state index is 12.7. The highest BCUT2D eigenvalue weighted by molar-refractivity contribution is 6.30. The molecule has 0 unspecified atom stereocenters. The van der Waals surface area contributed by atoms with Crippen LogP contribution in [0, 0.1) is 17.3 Å². The van der Waals surface area contributed by atoms with Crippen LogP contribution < -0.4 is 5.32 Å². The van der Waals surface area contributed by atoms with E-state index in [-0.39, 0.29) is 5.69 Å². The van der Waals surface area contributed by atoms with Crippen molar-refractivity contribution in [2.75, 3.05) is 5.32 Å². The van der Waals surface area contributed by atoms with E-state index in [1.807, 2.05) is 0 Å². The molecule has 0 saturated heterocycles. The number of hydrogen-bond acceptors (Lipinski definition) is 1. The van der Waals surface area contributed by atoms with Crippen molar-refractivity contribution in [2.45, 2.75) is 26.2 Å². The van der Waals surface area contributed by atoms with Crippen LogP contribution in [0.1, 0.15) is 19.4 Å². The quantitative estimate of drug-likeness (QED) is 0.674. The van der Waals surface area contributed by atoms with Crippen LogP contribution in [-0.2, 0) is 11.0 Å². The lowest BCUT2D eigenvalue weighted by molar-refractivity contribution is -0.137. The second-order valence-electron chi connectivity index (χ2n) is 6.40. The smallest absolute Gasteiger partial charge is 0.326 e. The molecule has 138 valence electrons. The first kappa shape index (κ1) is 19.6. The van der Waals surface area contributed by atoms with E-state index in [1.165, 1.54) is 6.07 Å². The molecule has 1 aromatic carbocycles. The number of benzene rings is 1. The molecule has 25 heavy (non-hydrogen) atoms. The van der Waals surface area contributed by atoms with Gasteiger partial charge in [0, 0.05) is 5.69 Å². The summed E-state index contributed by atoms with van der Waals surface area (Å²) in [6.45, 7) is 3.18. The number of rotatable bonds is 3. The normalized spacial score (nSPS) is 23.3. The topological polar surface area (TPSA) is 29.1 Å². The number of hydrogen-bond donors (Lipinski definition) is 1. The van der Waals surface area contributed by atoms with Crippen LogP contribution in [0.4, 0.5) is 32.0 Å². The summed E-state index contributed by atoms with van der Waals surface area (Å²) in [6, 6.07) is 4.02. The Hall–Kier alpha value is -1.70. The summed E-state index contributed by atoms with van der Waals surface area (Å²) in [5.41, 5.74) is -1.79. The number of halogens is 7. The first-order valence-electron chi connectivity index (χ1n) is 7.17.